The van der Waals surface area contributed by atoms with Crippen molar-refractivity contribution in [3.8, 4) is 0 Å². The first-order valence-corrected chi connectivity index (χ1v) is 6.93. The van der Waals surface area contributed by atoms with E-state index >= 15 is 0 Å². The fraction of sp³-hybridized carbons (Fsp3) is 0.625. The average Bonchev–Trinajstić information content (AvgIpc) is 2.69. The van der Waals surface area contributed by atoms with Crippen molar-refractivity contribution in [1.29, 1.82) is 0 Å². The molecule has 1 atom stereocenters. The maximum Gasteiger partial charge on any atom is 0.0236 e. The molecule has 2 nitrogen and oxygen atoms in total. The molecular formula is C16H26N2. The van der Waals surface area contributed by atoms with Crippen LogP contribution in [0.3, 0.4) is 0 Å². The molecule has 0 aliphatic carbocycles. The molecule has 1 fully saturated rings. The van der Waals surface area contributed by atoms with Crippen LogP contribution in [0.5, 0.6) is 0 Å². The molecule has 1 aliphatic heterocycles. The number of rotatable bonds is 3. The van der Waals surface area contributed by atoms with Crippen LogP contribution in [0.1, 0.15) is 35.6 Å². The molecule has 1 heterocycles. The van der Waals surface area contributed by atoms with E-state index in [1.807, 2.05) is 0 Å². The highest BCUT2D eigenvalue weighted by Gasteiger charge is 2.32. The Morgan fingerprint density at radius 3 is 2.44 bits per heavy atom. The molecule has 1 aromatic rings. The maximum absolute atomic E-state index is 5.87. The van der Waals surface area contributed by atoms with E-state index in [1.54, 1.807) is 0 Å². The van der Waals surface area contributed by atoms with Crippen LogP contribution in [0.2, 0.25) is 0 Å². The molecule has 18 heavy (non-hydrogen) atoms. The largest absolute Gasteiger partial charge is 0.330 e. The molecule has 1 unspecified atom stereocenters. The standard InChI is InChI=1S/C16H26N2/c1-12-7-14(3)15(8-13(12)2)9-18-6-5-16(4,10-17)11-18/h7-8H,5-6,9-11,17H2,1-4H3. The number of nitrogens with zero attached hydrogens (tertiary/aromatic N) is 1. The Morgan fingerprint density at radius 2 is 1.83 bits per heavy atom. The molecule has 0 bridgehead atoms. The third-order valence-corrected chi connectivity index (χ3v) is 4.48. The molecule has 100 valence electrons. The van der Waals surface area contributed by atoms with Gasteiger partial charge in [-0.2, -0.15) is 0 Å². The first-order chi connectivity index (χ1) is 8.43. The van der Waals surface area contributed by atoms with Crippen molar-refractivity contribution in [3.63, 3.8) is 0 Å². The first-order valence-electron chi connectivity index (χ1n) is 6.93. The van der Waals surface area contributed by atoms with Gasteiger partial charge in [-0.3, -0.25) is 4.90 Å². The van der Waals surface area contributed by atoms with Crippen molar-refractivity contribution in [2.45, 2.75) is 40.7 Å². The van der Waals surface area contributed by atoms with Gasteiger partial charge in [-0.15, -0.1) is 0 Å². The molecule has 0 radical (unpaired) electrons. The minimum absolute atomic E-state index is 0.327. The van der Waals surface area contributed by atoms with E-state index in [2.05, 4.69) is 44.7 Å². The van der Waals surface area contributed by atoms with Gasteiger partial charge in [0.05, 0.1) is 0 Å². The number of hydrogen-bond donors (Lipinski definition) is 1. The molecule has 1 aliphatic rings. The second-order valence-corrected chi connectivity index (χ2v) is 6.34. The van der Waals surface area contributed by atoms with Crippen LogP contribution in [0, 0.1) is 26.2 Å². The Hall–Kier alpha value is -0.860. The second kappa shape index (κ2) is 5.02. The minimum Gasteiger partial charge on any atom is -0.330 e. The van der Waals surface area contributed by atoms with Gasteiger partial charge in [-0.25, -0.2) is 0 Å². The highest BCUT2D eigenvalue weighted by Crippen LogP contribution is 2.30. The predicted octanol–water partition coefficient (Wildman–Crippen LogP) is 2.78. The summed E-state index contributed by atoms with van der Waals surface area (Å²) in [5, 5.41) is 0. The molecule has 1 saturated heterocycles. The third kappa shape index (κ3) is 2.76. The number of benzene rings is 1. The fourth-order valence-electron chi connectivity index (χ4n) is 2.86. The molecule has 2 rings (SSSR count). The van der Waals surface area contributed by atoms with Gasteiger partial charge in [-0.05, 0) is 68.0 Å². The summed E-state index contributed by atoms with van der Waals surface area (Å²) >= 11 is 0. The monoisotopic (exact) mass is 246 g/mol. The van der Waals surface area contributed by atoms with E-state index in [0.29, 0.717) is 5.41 Å². The van der Waals surface area contributed by atoms with Crippen LogP contribution >= 0.6 is 0 Å². The van der Waals surface area contributed by atoms with Crippen LogP contribution in [0.4, 0.5) is 0 Å². The second-order valence-electron chi connectivity index (χ2n) is 6.34. The minimum atomic E-state index is 0.327. The van der Waals surface area contributed by atoms with E-state index < -0.39 is 0 Å². The van der Waals surface area contributed by atoms with E-state index in [1.165, 1.54) is 35.2 Å². The van der Waals surface area contributed by atoms with E-state index in [-0.39, 0.29) is 0 Å². The quantitative estimate of drug-likeness (QED) is 0.888. The molecular weight excluding hydrogens is 220 g/mol. The SMILES string of the molecule is Cc1cc(C)c(CN2CCC(C)(CN)C2)cc1C. The number of aryl methyl sites for hydroxylation is 3. The molecule has 1 aromatic carbocycles. The first kappa shape index (κ1) is 13.6. The zero-order chi connectivity index (χ0) is 13.3. The average molecular weight is 246 g/mol. The Balaban J connectivity index is 2.09. The van der Waals surface area contributed by atoms with Gasteiger partial charge >= 0.3 is 0 Å². The summed E-state index contributed by atoms with van der Waals surface area (Å²) in [5.41, 5.74) is 11.9. The lowest BCUT2D eigenvalue weighted by atomic mass is 9.90. The van der Waals surface area contributed by atoms with Gasteiger partial charge in [0.2, 0.25) is 0 Å². The highest BCUT2D eigenvalue weighted by molar-refractivity contribution is 5.36. The van der Waals surface area contributed by atoms with Crippen molar-refractivity contribution in [3.05, 3.63) is 34.4 Å². The van der Waals surface area contributed by atoms with Crippen molar-refractivity contribution < 1.29 is 0 Å². The Morgan fingerprint density at radius 1 is 1.17 bits per heavy atom. The summed E-state index contributed by atoms with van der Waals surface area (Å²) in [4.78, 5) is 2.55. The van der Waals surface area contributed by atoms with Gasteiger partial charge in [0.15, 0.2) is 0 Å². The van der Waals surface area contributed by atoms with Crippen LogP contribution in [0.15, 0.2) is 12.1 Å². The maximum atomic E-state index is 5.87. The van der Waals surface area contributed by atoms with Gasteiger partial charge in [-0.1, -0.05) is 19.1 Å². The lowest BCUT2D eigenvalue weighted by Crippen LogP contribution is -2.31. The van der Waals surface area contributed by atoms with E-state index in [0.717, 1.165) is 19.6 Å². The number of nitrogens with two attached hydrogens (primary N) is 1. The highest BCUT2D eigenvalue weighted by atomic mass is 15.2. The summed E-state index contributed by atoms with van der Waals surface area (Å²) in [6.07, 6.45) is 1.23. The summed E-state index contributed by atoms with van der Waals surface area (Å²) < 4.78 is 0. The molecule has 0 saturated carbocycles. The van der Waals surface area contributed by atoms with Crippen LogP contribution in [-0.2, 0) is 6.54 Å². The molecule has 0 amide bonds. The normalized spacial score (nSPS) is 24.7. The zero-order valence-electron chi connectivity index (χ0n) is 12.2. The topological polar surface area (TPSA) is 29.3 Å². The van der Waals surface area contributed by atoms with E-state index in [4.69, 9.17) is 5.73 Å². The van der Waals surface area contributed by atoms with Gasteiger partial charge < -0.3 is 5.73 Å². The Bertz CT molecular complexity index is 439. The summed E-state index contributed by atoms with van der Waals surface area (Å²) in [6, 6.07) is 4.66. The zero-order valence-corrected chi connectivity index (χ0v) is 12.2. The summed E-state index contributed by atoms with van der Waals surface area (Å²) in [7, 11) is 0. The van der Waals surface area contributed by atoms with Crippen molar-refractivity contribution in [2.75, 3.05) is 19.6 Å². The van der Waals surface area contributed by atoms with Gasteiger partial charge in [0, 0.05) is 13.1 Å². The van der Waals surface area contributed by atoms with Crippen molar-refractivity contribution in [1.82, 2.24) is 4.90 Å². The van der Waals surface area contributed by atoms with Crippen molar-refractivity contribution in [2.24, 2.45) is 11.1 Å². The van der Waals surface area contributed by atoms with Crippen LogP contribution in [0.25, 0.3) is 0 Å². The van der Waals surface area contributed by atoms with Gasteiger partial charge in [0.25, 0.3) is 0 Å². The van der Waals surface area contributed by atoms with Crippen molar-refractivity contribution >= 4 is 0 Å². The van der Waals surface area contributed by atoms with Crippen LogP contribution < -0.4 is 5.73 Å². The molecule has 2 N–H and O–H groups in total. The van der Waals surface area contributed by atoms with Crippen LogP contribution in [-0.4, -0.2) is 24.5 Å². The summed E-state index contributed by atoms with van der Waals surface area (Å²) in [6.45, 7) is 13.1. The summed E-state index contributed by atoms with van der Waals surface area (Å²) in [5.74, 6) is 0. The van der Waals surface area contributed by atoms with Gasteiger partial charge in [0.1, 0.15) is 0 Å². The number of hydrogen-bond acceptors (Lipinski definition) is 2. The van der Waals surface area contributed by atoms with E-state index in [9.17, 15) is 0 Å². The molecule has 0 spiro atoms. The Kier molecular flexibility index (Phi) is 3.79. The molecule has 2 heteroatoms. The lowest BCUT2D eigenvalue weighted by Gasteiger charge is -2.23. The lowest BCUT2D eigenvalue weighted by molar-refractivity contribution is 0.274. The Labute approximate surface area is 111 Å². The fourth-order valence-corrected chi connectivity index (χ4v) is 2.86. The predicted molar refractivity (Wildman–Crippen MR) is 77.7 cm³/mol. The number of likely N-dealkylation sites (tertiary alicyclic amines) is 1. The smallest absolute Gasteiger partial charge is 0.0236 e. The third-order valence-electron chi connectivity index (χ3n) is 4.48. The molecule has 0 aromatic heterocycles.